The van der Waals surface area contributed by atoms with Crippen LogP contribution in [0.4, 0.5) is 4.39 Å². The van der Waals surface area contributed by atoms with Gasteiger partial charge in [0.15, 0.2) is 5.65 Å². The average molecular weight is 352 g/mol. The van der Waals surface area contributed by atoms with Gasteiger partial charge >= 0.3 is 0 Å². The first-order valence-corrected chi connectivity index (χ1v) is 8.99. The molecule has 1 fully saturated rings. The predicted octanol–water partition coefficient (Wildman–Crippen LogP) is 3.60. The molecule has 0 spiro atoms. The van der Waals surface area contributed by atoms with Gasteiger partial charge in [0, 0.05) is 17.6 Å². The van der Waals surface area contributed by atoms with Crippen molar-refractivity contribution in [3.8, 4) is 11.1 Å². The SMILES string of the molecule is Cc1nn(CC(=O)NC2CCCC2)c2nccc(-c3ccc(F)cc3)c12. The highest BCUT2D eigenvalue weighted by Gasteiger charge is 2.19. The lowest BCUT2D eigenvalue weighted by atomic mass is 10.0. The van der Waals surface area contributed by atoms with Gasteiger partial charge in [-0.25, -0.2) is 14.1 Å². The summed E-state index contributed by atoms with van der Waals surface area (Å²) in [6.45, 7) is 2.06. The number of nitrogens with zero attached hydrogens (tertiary/aromatic N) is 3. The topological polar surface area (TPSA) is 59.8 Å². The maximum absolute atomic E-state index is 13.2. The molecule has 2 heterocycles. The molecule has 0 atom stereocenters. The van der Waals surface area contributed by atoms with E-state index in [1.54, 1.807) is 23.0 Å². The number of carbonyl (C=O) groups excluding carboxylic acids is 1. The van der Waals surface area contributed by atoms with Crippen molar-refractivity contribution in [2.24, 2.45) is 0 Å². The van der Waals surface area contributed by atoms with Crippen molar-refractivity contribution >= 4 is 16.9 Å². The smallest absolute Gasteiger partial charge is 0.242 e. The predicted molar refractivity (Wildman–Crippen MR) is 98.1 cm³/mol. The van der Waals surface area contributed by atoms with E-state index in [0.29, 0.717) is 5.65 Å². The highest BCUT2D eigenvalue weighted by Crippen LogP contribution is 2.29. The summed E-state index contributed by atoms with van der Waals surface area (Å²) in [6, 6.07) is 8.55. The molecule has 3 aromatic rings. The third-order valence-corrected chi connectivity index (χ3v) is 4.98. The second-order valence-corrected chi connectivity index (χ2v) is 6.86. The largest absolute Gasteiger partial charge is 0.352 e. The Labute approximate surface area is 151 Å². The van der Waals surface area contributed by atoms with E-state index in [9.17, 15) is 9.18 Å². The van der Waals surface area contributed by atoms with Gasteiger partial charge in [-0.1, -0.05) is 25.0 Å². The summed E-state index contributed by atoms with van der Waals surface area (Å²) in [6.07, 6.45) is 6.16. The lowest BCUT2D eigenvalue weighted by Gasteiger charge is -2.12. The highest BCUT2D eigenvalue weighted by molar-refractivity contribution is 5.95. The van der Waals surface area contributed by atoms with Crippen molar-refractivity contribution in [1.82, 2.24) is 20.1 Å². The molecule has 0 unspecified atom stereocenters. The number of hydrogen-bond acceptors (Lipinski definition) is 3. The molecular formula is C20H21FN4O. The third-order valence-electron chi connectivity index (χ3n) is 4.98. The first-order valence-electron chi connectivity index (χ1n) is 8.99. The van der Waals surface area contributed by atoms with Gasteiger partial charge in [-0.3, -0.25) is 4.79 Å². The van der Waals surface area contributed by atoms with Gasteiger partial charge in [-0.15, -0.1) is 0 Å². The van der Waals surface area contributed by atoms with Crippen molar-refractivity contribution in [3.05, 3.63) is 48.0 Å². The minimum Gasteiger partial charge on any atom is -0.352 e. The van der Waals surface area contributed by atoms with Crippen molar-refractivity contribution in [2.75, 3.05) is 0 Å². The molecule has 1 amide bonds. The minimum absolute atomic E-state index is 0.0321. The van der Waals surface area contributed by atoms with Gasteiger partial charge in [-0.05, 0) is 49.1 Å². The molecule has 0 bridgehead atoms. The van der Waals surface area contributed by atoms with E-state index in [1.165, 1.54) is 25.0 Å². The summed E-state index contributed by atoms with van der Waals surface area (Å²) in [4.78, 5) is 16.8. The molecule has 134 valence electrons. The van der Waals surface area contributed by atoms with Gasteiger partial charge in [0.1, 0.15) is 12.4 Å². The van der Waals surface area contributed by atoms with Gasteiger partial charge in [-0.2, -0.15) is 5.10 Å². The second-order valence-electron chi connectivity index (χ2n) is 6.86. The third kappa shape index (κ3) is 3.19. The number of carbonyl (C=O) groups is 1. The summed E-state index contributed by atoms with van der Waals surface area (Å²) in [5.74, 6) is -0.301. The van der Waals surface area contributed by atoms with E-state index >= 15 is 0 Å². The molecule has 26 heavy (non-hydrogen) atoms. The molecule has 0 aliphatic heterocycles. The van der Waals surface area contributed by atoms with Gasteiger partial charge in [0.25, 0.3) is 0 Å². The van der Waals surface area contributed by atoms with E-state index in [1.807, 2.05) is 13.0 Å². The van der Waals surface area contributed by atoms with Crippen molar-refractivity contribution in [1.29, 1.82) is 0 Å². The molecule has 0 saturated heterocycles. The van der Waals surface area contributed by atoms with Crippen LogP contribution in [-0.2, 0) is 11.3 Å². The molecule has 2 aromatic heterocycles. The summed E-state index contributed by atoms with van der Waals surface area (Å²) in [5.41, 5.74) is 3.32. The van der Waals surface area contributed by atoms with Crippen LogP contribution in [0, 0.1) is 12.7 Å². The number of pyridine rings is 1. The van der Waals surface area contributed by atoms with Crippen LogP contribution in [-0.4, -0.2) is 26.7 Å². The van der Waals surface area contributed by atoms with Crippen LogP contribution >= 0.6 is 0 Å². The van der Waals surface area contributed by atoms with Crippen LogP contribution in [0.3, 0.4) is 0 Å². The normalized spacial score (nSPS) is 14.8. The molecule has 1 N–H and O–H groups in total. The Morgan fingerprint density at radius 3 is 2.69 bits per heavy atom. The zero-order valence-corrected chi connectivity index (χ0v) is 14.7. The lowest BCUT2D eigenvalue weighted by molar-refractivity contribution is -0.122. The van der Waals surface area contributed by atoms with Crippen LogP contribution in [0.5, 0.6) is 0 Å². The molecule has 1 aliphatic rings. The number of halogens is 1. The number of rotatable bonds is 4. The molecule has 1 saturated carbocycles. The van der Waals surface area contributed by atoms with E-state index in [0.717, 1.165) is 35.0 Å². The first-order chi connectivity index (χ1) is 12.6. The molecule has 1 aromatic carbocycles. The maximum Gasteiger partial charge on any atom is 0.242 e. The van der Waals surface area contributed by atoms with Crippen molar-refractivity contribution < 1.29 is 9.18 Å². The number of aryl methyl sites for hydroxylation is 1. The van der Waals surface area contributed by atoms with E-state index in [-0.39, 0.29) is 24.3 Å². The summed E-state index contributed by atoms with van der Waals surface area (Å²) < 4.78 is 14.9. The fourth-order valence-corrected chi connectivity index (χ4v) is 3.74. The Morgan fingerprint density at radius 2 is 1.96 bits per heavy atom. The minimum atomic E-state index is -0.268. The van der Waals surface area contributed by atoms with Gasteiger partial charge in [0.2, 0.25) is 5.91 Å². The van der Waals surface area contributed by atoms with Crippen LogP contribution in [0.15, 0.2) is 36.5 Å². The second kappa shape index (κ2) is 6.86. The number of fused-ring (bicyclic) bond motifs is 1. The van der Waals surface area contributed by atoms with Crippen molar-refractivity contribution in [2.45, 2.75) is 45.2 Å². The number of nitrogens with one attached hydrogen (secondary N) is 1. The Balaban J connectivity index is 1.66. The first kappa shape index (κ1) is 16.7. The van der Waals surface area contributed by atoms with Crippen LogP contribution < -0.4 is 5.32 Å². The van der Waals surface area contributed by atoms with E-state index in [4.69, 9.17) is 0 Å². The van der Waals surface area contributed by atoms with Crippen LogP contribution in [0.1, 0.15) is 31.4 Å². The van der Waals surface area contributed by atoms with Gasteiger partial charge < -0.3 is 5.32 Å². The monoisotopic (exact) mass is 352 g/mol. The van der Waals surface area contributed by atoms with Crippen LogP contribution in [0.25, 0.3) is 22.2 Å². The lowest BCUT2D eigenvalue weighted by Crippen LogP contribution is -2.35. The average Bonchev–Trinajstić information content (AvgIpc) is 3.24. The Bertz CT molecular complexity index is 942. The zero-order valence-electron chi connectivity index (χ0n) is 14.7. The quantitative estimate of drug-likeness (QED) is 0.780. The van der Waals surface area contributed by atoms with E-state index in [2.05, 4.69) is 15.4 Å². The maximum atomic E-state index is 13.2. The Morgan fingerprint density at radius 1 is 1.23 bits per heavy atom. The molecule has 1 aliphatic carbocycles. The molecular weight excluding hydrogens is 331 g/mol. The number of benzene rings is 1. The molecule has 6 heteroatoms. The molecule has 5 nitrogen and oxygen atoms in total. The fourth-order valence-electron chi connectivity index (χ4n) is 3.74. The highest BCUT2D eigenvalue weighted by atomic mass is 19.1. The van der Waals surface area contributed by atoms with Crippen molar-refractivity contribution in [3.63, 3.8) is 0 Å². The fraction of sp³-hybridized carbons (Fsp3) is 0.350. The van der Waals surface area contributed by atoms with E-state index < -0.39 is 0 Å². The summed E-state index contributed by atoms with van der Waals surface area (Å²) >= 11 is 0. The standard InChI is InChI=1S/C20H21FN4O/c1-13-19-17(14-6-8-15(21)9-7-14)10-11-22-20(19)25(24-13)12-18(26)23-16-4-2-3-5-16/h6-11,16H,2-5,12H2,1H3,(H,23,26). The van der Waals surface area contributed by atoms with Gasteiger partial charge in [0.05, 0.1) is 5.69 Å². The summed E-state index contributed by atoms with van der Waals surface area (Å²) in [5, 5.41) is 8.51. The molecule has 4 rings (SSSR count). The Hall–Kier alpha value is -2.76. The number of amides is 1. The van der Waals surface area contributed by atoms with Crippen LogP contribution in [0.2, 0.25) is 0 Å². The number of aromatic nitrogens is 3. The number of hydrogen-bond donors (Lipinski definition) is 1. The zero-order chi connectivity index (χ0) is 18.1. The Kier molecular flexibility index (Phi) is 4.41. The molecule has 0 radical (unpaired) electrons. The summed E-state index contributed by atoms with van der Waals surface area (Å²) in [7, 11) is 0.